The minimum atomic E-state index is -0.171. The molecule has 1 aliphatic carbocycles. The van der Waals surface area contributed by atoms with Crippen molar-refractivity contribution in [2.24, 2.45) is 11.7 Å². The molecule has 2 rings (SSSR count). The van der Waals surface area contributed by atoms with E-state index in [9.17, 15) is 0 Å². The Kier molecular flexibility index (Phi) is 5.70. The summed E-state index contributed by atoms with van der Waals surface area (Å²) >= 11 is 6.36. The van der Waals surface area contributed by atoms with E-state index in [0.29, 0.717) is 0 Å². The second kappa shape index (κ2) is 7.13. The van der Waals surface area contributed by atoms with E-state index in [4.69, 9.17) is 22.1 Å². The number of halogens is 1. The molecular formula is C18H28ClNO. The Morgan fingerprint density at radius 1 is 1.38 bits per heavy atom. The van der Waals surface area contributed by atoms with Gasteiger partial charge >= 0.3 is 0 Å². The number of aryl methyl sites for hydroxylation is 1. The van der Waals surface area contributed by atoms with Gasteiger partial charge in [-0.1, -0.05) is 30.7 Å². The highest BCUT2D eigenvalue weighted by atomic mass is 35.5. The highest BCUT2D eigenvalue weighted by Crippen LogP contribution is 2.38. The fourth-order valence-electron chi connectivity index (χ4n) is 3.40. The molecule has 0 heterocycles. The van der Waals surface area contributed by atoms with E-state index in [2.05, 4.69) is 32.9 Å². The van der Waals surface area contributed by atoms with Crippen molar-refractivity contribution < 1.29 is 4.74 Å². The van der Waals surface area contributed by atoms with Crippen molar-refractivity contribution in [3.8, 4) is 0 Å². The summed E-state index contributed by atoms with van der Waals surface area (Å²) in [5.41, 5.74) is 8.71. The molecule has 1 saturated carbocycles. The number of benzene rings is 1. The maximum atomic E-state index is 6.57. The maximum absolute atomic E-state index is 6.57. The summed E-state index contributed by atoms with van der Waals surface area (Å²) < 4.78 is 6.15. The summed E-state index contributed by atoms with van der Waals surface area (Å²) in [5.74, 6) is 0.786. The van der Waals surface area contributed by atoms with Gasteiger partial charge in [0.1, 0.15) is 0 Å². The van der Waals surface area contributed by atoms with Gasteiger partial charge in [-0.3, -0.25) is 0 Å². The third-order valence-electron chi connectivity index (χ3n) is 4.88. The first kappa shape index (κ1) is 16.8. The molecule has 1 aliphatic rings. The van der Waals surface area contributed by atoms with Crippen LogP contribution in [0.15, 0.2) is 18.2 Å². The van der Waals surface area contributed by atoms with Crippen LogP contribution in [-0.2, 0) is 11.2 Å². The van der Waals surface area contributed by atoms with Crippen LogP contribution >= 0.6 is 11.6 Å². The third-order valence-corrected chi connectivity index (χ3v) is 5.23. The predicted octanol–water partition coefficient (Wildman–Crippen LogP) is 4.50. The Bertz CT molecular complexity index is 466. The van der Waals surface area contributed by atoms with Crippen LogP contribution in [0.3, 0.4) is 0 Å². The molecule has 1 fully saturated rings. The van der Waals surface area contributed by atoms with Crippen molar-refractivity contribution in [2.45, 2.75) is 64.5 Å². The Morgan fingerprint density at radius 2 is 2.05 bits per heavy atom. The molecule has 21 heavy (non-hydrogen) atoms. The van der Waals surface area contributed by atoms with E-state index in [-0.39, 0.29) is 11.6 Å². The van der Waals surface area contributed by atoms with E-state index in [1.165, 1.54) is 18.4 Å². The molecule has 0 aliphatic heterocycles. The van der Waals surface area contributed by atoms with Gasteiger partial charge in [-0.2, -0.15) is 0 Å². The molecule has 118 valence electrons. The molecule has 0 radical (unpaired) electrons. The first-order valence-electron chi connectivity index (χ1n) is 8.11. The number of rotatable bonds is 5. The average molecular weight is 310 g/mol. The summed E-state index contributed by atoms with van der Waals surface area (Å²) in [4.78, 5) is 0. The molecule has 1 aromatic rings. The standard InChI is InChI=1S/C18H28ClNO/c1-4-21-18(9-7-13(2)8-10-18)17(20)12-15-6-5-14(3)11-16(15)19/h5-6,11,13,17H,4,7-10,12,20H2,1-3H3. The zero-order valence-corrected chi connectivity index (χ0v) is 14.2. The van der Waals surface area contributed by atoms with Crippen LogP contribution in [0.5, 0.6) is 0 Å². The van der Waals surface area contributed by atoms with E-state index in [1.54, 1.807) is 0 Å². The molecule has 1 aromatic carbocycles. The van der Waals surface area contributed by atoms with Crippen molar-refractivity contribution in [3.63, 3.8) is 0 Å². The second-order valence-electron chi connectivity index (χ2n) is 6.59. The minimum absolute atomic E-state index is 0.00477. The lowest BCUT2D eigenvalue weighted by Crippen LogP contribution is -2.53. The Hall–Kier alpha value is -0.570. The van der Waals surface area contributed by atoms with Crippen molar-refractivity contribution in [1.82, 2.24) is 0 Å². The van der Waals surface area contributed by atoms with Gasteiger partial charge in [0.05, 0.1) is 5.60 Å². The van der Waals surface area contributed by atoms with Gasteiger partial charge in [0.15, 0.2) is 0 Å². The van der Waals surface area contributed by atoms with Gasteiger partial charge in [0.25, 0.3) is 0 Å². The molecule has 0 saturated heterocycles. The van der Waals surface area contributed by atoms with Crippen LogP contribution in [0.1, 0.15) is 50.7 Å². The molecule has 2 nitrogen and oxygen atoms in total. The van der Waals surface area contributed by atoms with E-state index < -0.39 is 0 Å². The molecule has 2 N–H and O–H groups in total. The topological polar surface area (TPSA) is 35.2 Å². The highest BCUT2D eigenvalue weighted by molar-refractivity contribution is 6.31. The Balaban J connectivity index is 2.13. The number of nitrogens with two attached hydrogens (primary N) is 1. The Morgan fingerprint density at radius 3 is 2.62 bits per heavy atom. The fraction of sp³-hybridized carbons (Fsp3) is 0.667. The lowest BCUT2D eigenvalue weighted by Gasteiger charge is -2.43. The van der Waals surface area contributed by atoms with Crippen molar-refractivity contribution >= 4 is 11.6 Å². The molecule has 0 bridgehead atoms. The van der Waals surface area contributed by atoms with Crippen LogP contribution in [-0.4, -0.2) is 18.2 Å². The minimum Gasteiger partial charge on any atom is -0.374 e. The average Bonchev–Trinajstić information content (AvgIpc) is 2.45. The van der Waals surface area contributed by atoms with Crippen molar-refractivity contribution in [3.05, 3.63) is 34.3 Å². The molecule has 1 unspecified atom stereocenters. The second-order valence-corrected chi connectivity index (χ2v) is 6.99. The van der Waals surface area contributed by atoms with Gasteiger partial charge in [0, 0.05) is 17.7 Å². The van der Waals surface area contributed by atoms with Gasteiger partial charge < -0.3 is 10.5 Å². The quantitative estimate of drug-likeness (QED) is 0.869. The number of hydrogen-bond acceptors (Lipinski definition) is 2. The van der Waals surface area contributed by atoms with Gasteiger partial charge in [-0.15, -0.1) is 0 Å². The molecule has 0 aromatic heterocycles. The lowest BCUT2D eigenvalue weighted by atomic mass is 9.74. The van der Waals surface area contributed by atoms with Crippen LogP contribution in [0, 0.1) is 12.8 Å². The normalized spacial score (nSPS) is 27.6. The SMILES string of the molecule is CCOC1(C(N)Cc2ccc(C)cc2Cl)CCC(C)CC1. The van der Waals surface area contributed by atoms with Crippen LogP contribution in [0.2, 0.25) is 5.02 Å². The van der Waals surface area contributed by atoms with Crippen molar-refractivity contribution in [1.29, 1.82) is 0 Å². The smallest absolute Gasteiger partial charge is 0.0835 e. The fourth-order valence-corrected chi connectivity index (χ4v) is 3.71. The monoisotopic (exact) mass is 309 g/mol. The summed E-state index contributed by atoms with van der Waals surface area (Å²) in [7, 11) is 0. The Labute approximate surface area is 134 Å². The van der Waals surface area contributed by atoms with Gasteiger partial charge in [0.2, 0.25) is 0 Å². The van der Waals surface area contributed by atoms with Crippen LogP contribution < -0.4 is 5.73 Å². The zero-order valence-electron chi connectivity index (χ0n) is 13.5. The summed E-state index contributed by atoms with van der Waals surface area (Å²) in [6, 6.07) is 6.22. The van der Waals surface area contributed by atoms with E-state index in [1.807, 2.05) is 6.07 Å². The third kappa shape index (κ3) is 4.00. The maximum Gasteiger partial charge on any atom is 0.0835 e. The predicted molar refractivity (Wildman–Crippen MR) is 89.9 cm³/mol. The van der Waals surface area contributed by atoms with Crippen LogP contribution in [0.25, 0.3) is 0 Å². The van der Waals surface area contributed by atoms with Crippen LogP contribution in [0.4, 0.5) is 0 Å². The molecule has 0 amide bonds. The summed E-state index contributed by atoms with van der Waals surface area (Å²) in [5, 5.41) is 0.821. The van der Waals surface area contributed by atoms with E-state index in [0.717, 1.165) is 42.4 Å². The molecule has 0 spiro atoms. The molecule has 1 atom stereocenters. The molecule has 3 heteroatoms. The summed E-state index contributed by atoms with van der Waals surface area (Å²) in [6.45, 7) is 7.16. The van der Waals surface area contributed by atoms with Gasteiger partial charge in [-0.05, 0) is 69.1 Å². The largest absolute Gasteiger partial charge is 0.374 e. The highest BCUT2D eigenvalue weighted by Gasteiger charge is 2.40. The van der Waals surface area contributed by atoms with Gasteiger partial charge in [-0.25, -0.2) is 0 Å². The first-order chi connectivity index (χ1) is 9.97. The molecular weight excluding hydrogens is 282 g/mol. The van der Waals surface area contributed by atoms with E-state index >= 15 is 0 Å². The summed E-state index contributed by atoms with van der Waals surface area (Å²) in [6.07, 6.45) is 5.32. The first-order valence-corrected chi connectivity index (χ1v) is 8.49. The number of ether oxygens (including phenoxy) is 1. The van der Waals surface area contributed by atoms with Crippen molar-refractivity contribution in [2.75, 3.05) is 6.61 Å². The number of hydrogen-bond donors (Lipinski definition) is 1. The lowest BCUT2D eigenvalue weighted by molar-refractivity contribution is -0.0883. The zero-order chi connectivity index (χ0) is 15.5.